The predicted molar refractivity (Wildman–Crippen MR) is 72.6 cm³/mol. The summed E-state index contributed by atoms with van der Waals surface area (Å²) in [6, 6.07) is 3.57. The molecule has 0 radical (unpaired) electrons. The molecule has 0 unspecified atom stereocenters. The summed E-state index contributed by atoms with van der Waals surface area (Å²) in [4.78, 5) is 16.3. The fraction of sp³-hybridized carbons (Fsp3) is 0.571. The van der Waals surface area contributed by atoms with Gasteiger partial charge in [-0.3, -0.25) is 4.79 Å². The van der Waals surface area contributed by atoms with Crippen LogP contribution in [-0.4, -0.2) is 48.9 Å². The van der Waals surface area contributed by atoms with Crippen LogP contribution in [0.15, 0.2) is 24.5 Å². The van der Waals surface area contributed by atoms with Crippen LogP contribution in [-0.2, 0) is 0 Å². The normalized spacial score (nSPS) is 20.2. The van der Waals surface area contributed by atoms with Crippen LogP contribution in [0, 0.1) is 5.21 Å². The molecule has 1 aromatic rings. The second-order valence-corrected chi connectivity index (χ2v) is 5.26. The van der Waals surface area contributed by atoms with E-state index in [0.717, 1.165) is 19.5 Å². The van der Waals surface area contributed by atoms with Crippen LogP contribution in [0.2, 0.25) is 0 Å². The summed E-state index contributed by atoms with van der Waals surface area (Å²) in [6.07, 6.45) is 6.33. The molecule has 0 spiro atoms. The molecule has 1 aromatic heterocycles. The number of pyridine rings is 1. The second kappa shape index (κ2) is 6.02. The van der Waals surface area contributed by atoms with Gasteiger partial charge in [-0.25, -0.2) is 0 Å². The lowest BCUT2D eigenvalue weighted by Crippen LogP contribution is -2.45. The SMILES string of the molecule is CN(C[C@@H]1CCCCN1C)C(=O)c1cc[n+]([O-])cc1. The van der Waals surface area contributed by atoms with Gasteiger partial charge in [0.2, 0.25) is 0 Å². The summed E-state index contributed by atoms with van der Waals surface area (Å²) in [5, 5.41) is 11.0. The molecule has 1 amide bonds. The van der Waals surface area contributed by atoms with Crippen molar-refractivity contribution >= 4 is 5.91 Å². The van der Waals surface area contributed by atoms with Gasteiger partial charge in [-0.15, -0.1) is 0 Å². The maximum atomic E-state index is 12.2. The first-order valence-electron chi connectivity index (χ1n) is 6.72. The highest BCUT2D eigenvalue weighted by Gasteiger charge is 2.22. The largest absolute Gasteiger partial charge is 0.619 e. The van der Waals surface area contributed by atoms with E-state index < -0.39 is 0 Å². The second-order valence-electron chi connectivity index (χ2n) is 5.26. The lowest BCUT2D eigenvalue weighted by Gasteiger charge is -2.35. The number of likely N-dealkylation sites (N-methyl/N-ethyl adjacent to an activating group) is 2. The summed E-state index contributed by atoms with van der Waals surface area (Å²) < 4.78 is 0.686. The molecule has 1 saturated heterocycles. The molecule has 0 aromatic carbocycles. The van der Waals surface area contributed by atoms with Gasteiger partial charge in [-0.05, 0) is 26.4 Å². The van der Waals surface area contributed by atoms with E-state index in [9.17, 15) is 10.0 Å². The Morgan fingerprint density at radius 1 is 1.47 bits per heavy atom. The zero-order valence-electron chi connectivity index (χ0n) is 11.6. The van der Waals surface area contributed by atoms with Gasteiger partial charge in [0.1, 0.15) is 0 Å². The van der Waals surface area contributed by atoms with Gasteiger partial charge < -0.3 is 15.0 Å². The standard InChI is InChI=1S/C14H21N3O2/c1-15-8-4-3-5-13(15)11-16(2)14(18)12-6-9-17(19)10-7-12/h6-7,9-10,13H,3-5,8,11H2,1-2H3/t13-/m0/s1. The number of carbonyl (C=O) groups excluding carboxylic acids is 1. The third-order valence-corrected chi connectivity index (χ3v) is 3.80. The summed E-state index contributed by atoms with van der Waals surface area (Å²) in [6.45, 7) is 1.84. The minimum Gasteiger partial charge on any atom is -0.619 e. The van der Waals surface area contributed by atoms with Crippen molar-refractivity contribution in [1.29, 1.82) is 0 Å². The molecule has 5 heteroatoms. The Balaban J connectivity index is 1.97. The molecule has 19 heavy (non-hydrogen) atoms. The Hall–Kier alpha value is -1.62. The van der Waals surface area contributed by atoms with Crippen molar-refractivity contribution in [3.05, 3.63) is 35.3 Å². The summed E-state index contributed by atoms with van der Waals surface area (Å²) in [7, 11) is 3.94. The first-order valence-corrected chi connectivity index (χ1v) is 6.72. The highest BCUT2D eigenvalue weighted by atomic mass is 16.5. The fourth-order valence-electron chi connectivity index (χ4n) is 2.55. The van der Waals surface area contributed by atoms with Gasteiger partial charge in [0.25, 0.3) is 5.91 Å². The number of likely N-dealkylation sites (tertiary alicyclic amines) is 1. The third kappa shape index (κ3) is 3.44. The van der Waals surface area contributed by atoms with Gasteiger partial charge in [0, 0.05) is 31.8 Å². The fourth-order valence-corrected chi connectivity index (χ4v) is 2.55. The van der Waals surface area contributed by atoms with E-state index in [-0.39, 0.29) is 5.91 Å². The Morgan fingerprint density at radius 3 is 2.79 bits per heavy atom. The molecule has 0 bridgehead atoms. The first-order chi connectivity index (χ1) is 9.08. The lowest BCUT2D eigenvalue weighted by atomic mass is 10.0. The minimum absolute atomic E-state index is 0.0282. The van der Waals surface area contributed by atoms with Gasteiger partial charge in [-0.2, -0.15) is 4.73 Å². The van der Waals surface area contributed by atoms with E-state index in [2.05, 4.69) is 11.9 Å². The molecule has 0 saturated carbocycles. The predicted octanol–water partition coefficient (Wildman–Crippen LogP) is 0.876. The first kappa shape index (κ1) is 13.8. The third-order valence-electron chi connectivity index (χ3n) is 3.80. The van der Waals surface area contributed by atoms with Gasteiger partial charge in [0.05, 0.1) is 5.56 Å². The summed E-state index contributed by atoms with van der Waals surface area (Å²) in [5.74, 6) is -0.0282. The molecule has 0 N–H and O–H groups in total. The van der Waals surface area contributed by atoms with Gasteiger partial charge >= 0.3 is 0 Å². The molecule has 2 rings (SSSR count). The van der Waals surface area contributed by atoms with Crippen LogP contribution in [0.25, 0.3) is 0 Å². The maximum absolute atomic E-state index is 12.2. The molecule has 5 nitrogen and oxygen atoms in total. The van der Waals surface area contributed by atoms with Crippen LogP contribution in [0.3, 0.4) is 0 Å². The number of nitrogens with zero attached hydrogens (tertiary/aromatic N) is 3. The molecular weight excluding hydrogens is 242 g/mol. The summed E-state index contributed by atoms with van der Waals surface area (Å²) >= 11 is 0. The molecule has 1 atom stereocenters. The number of aromatic nitrogens is 1. The average Bonchev–Trinajstić information content (AvgIpc) is 2.41. The van der Waals surface area contributed by atoms with Crippen molar-refractivity contribution in [3.8, 4) is 0 Å². The van der Waals surface area contributed by atoms with Crippen LogP contribution in [0.1, 0.15) is 29.6 Å². The van der Waals surface area contributed by atoms with E-state index in [1.807, 2.05) is 7.05 Å². The number of hydrogen-bond acceptors (Lipinski definition) is 3. The Labute approximate surface area is 114 Å². The molecule has 1 fully saturated rings. The van der Waals surface area contributed by atoms with Crippen LogP contribution >= 0.6 is 0 Å². The van der Waals surface area contributed by atoms with Crippen molar-refractivity contribution in [2.45, 2.75) is 25.3 Å². The van der Waals surface area contributed by atoms with Crippen LogP contribution in [0.5, 0.6) is 0 Å². The molecule has 1 aliphatic heterocycles. The molecule has 104 valence electrons. The quantitative estimate of drug-likeness (QED) is 0.601. The van der Waals surface area contributed by atoms with Crippen LogP contribution < -0.4 is 4.73 Å². The Bertz CT molecular complexity index is 433. The number of rotatable bonds is 3. The smallest absolute Gasteiger partial charge is 0.254 e. The van der Waals surface area contributed by atoms with E-state index in [1.165, 1.54) is 25.2 Å². The topological polar surface area (TPSA) is 50.5 Å². The van der Waals surface area contributed by atoms with E-state index in [4.69, 9.17) is 0 Å². The highest BCUT2D eigenvalue weighted by molar-refractivity contribution is 5.93. The molecule has 2 heterocycles. The Morgan fingerprint density at radius 2 is 2.16 bits per heavy atom. The number of hydrogen-bond donors (Lipinski definition) is 0. The van der Waals surface area contributed by atoms with Crippen molar-refractivity contribution < 1.29 is 9.52 Å². The summed E-state index contributed by atoms with van der Waals surface area (Å²) in [5.41, 5.74) is 0.563. The molecule has 0 aliphatic carbocycles. The highest BCUT2D eigenvalue weighted by Crippen LogP contribution is 2.16. The van der Waals surface area contributed by atoms with E-state index in [0.29, 0.717) is 16.3 Å². The Kier molecular flexibility index (Phi) is 4.37. The lowest BCUT2D eigenvalue weighted by molar-refractivity contribution is -0.605. The van der Waals surface area contributed by atoms with E-state index in [1.54, 1.807) is 17.0 Å². The average molecular weight is 263 g/mol. The maximum Gasteiger partial charge on any atom is 0.254 e. The van der Waals surface area contributed by atoms with Crippen molar-refractivity contribution in [2.75, 3.05) is 27.2 Å². The van der Waals surface area contributed by atoms with E-state index >= 15 is 0 Å². The zero-order chi connectivity index (χ0) is 13.8. The molecule has 1 aliphatic rings. The molecular formula is C14H21N3O2. The van der Waals surface area contributed by atoms with Gasteiger partial charge in [0.15, 0.2) is 12.4 Å². The number of carbonyl (C=O) groups is 1. The number of amides is 1. The zero-order valence-corrected chi connectivity index (χ0v) is 11.6. The minimum atomic E-state index is -0.0282. The van der Waals surface area contributed by atoms with Crippen LogP contribution in [0.4, 0.5) is 0 Å². The van der Waals surface area contributed by atoms with Crippen molar-refractivity contribution in [3.63, 3.8) is 0 Å². The van der Waals surface area contributed by atoms with Gasteiger partial charge in [-0.1, -0.05) is 6.42 Å². The monoisotopic (exact) mass is 263 g/mol. The van der Waals surface area contributed by atoms with Crippen molar-refractivity contribution in [2.24, 2.45) is 0 Å². The number of piperidine rings is 1. The van der Waals surface area contributed by atoms with Crippen molar-refractivity contribution in [1.82, 2.24) is 9.80 Å².